The van der Waals surface area contributed by atoms with Gasteiger partial charge in [0.05, 0.1) is 12.0 Å². The van der Waals surface area contributed by atoms with E-state index in [9.17, 15) is 4.79 Å². The van der Waals surface area contributed by atoms with Gasteiger partial charge in [-0.1, -0.05) is 24.9 Å². The molecule has 1 saturated heterocycles. The van der Waals surface area contributed by atoms with Gasteiger partial charge in [0.25, 0.3) is 5.91 Å². The summed E-state index contributed by atoms with van der Waals surface area (Å²) in [6.07, 6.45) is 9.48. The predicted octanol–water partition coefficient (Wildman–Crippen LogP) is 2.96. The molecule has 1 aliphatic heterocycles. The summed E-state index contributed by atoms with van der Waals surface area (Å²) in [4.78, 5) is 19.2. The topological polar surface area (TPSA) is 77.0 Å². The smallest absolute Gasteiger partial charge is 0.274 e. The van der Waals surface area contributed by atoms with Gasteiger partial charge < -0.3 is 9.42 Å². The average Bonchev–Trinajstić information content (AvgIpc) is 3.41. The Kier molecular flexibility index (Phi) is 4.55. The maximum absolute atomic E-state index is 12.8. The van der Waals surface area contributed by atoms with Crippen molar-refractivity contribution in [3.8, 4) is 0 Å². The minimum absolute atomic E-state index is 0.0108. The summed E-state index contributed by atoms with van der Waals surface area (Å²) in [5.41, 5.74) is 0.548. The Morgan fingerprint density at radius 3 is 2.88 bits per heavy atom. The quantitative estimate of drug-likeness (QED) is 0.853. The first kappa shape index (κ1) is 16.3. The molecule has 3 heterocycles. The number of nitrogens with zero attached hydrogens (tertiary/aromatic N) is 5. The molecule has 1 unspecified atom stereocenters. The first-order valence-electron chi connectivity index (χ1n) is 9.41. The minimum atomic E-state index is 0.0108. The Hall–Kier alpha value is -2.18. The zero-order chi connectivity index (χ0) is 17.2. The van der Waals surface area contributed by atoms with Crippen LogP contribution in [0, 0.1) is 0 Å². The van der Waals surface area contributed by atoms with Gasteiger partial charge in [-0.15, -0.1) is 0 Å². The molecule has 2 fully saturated rings. The van der Waals surface area contributed by atoms with Crippen LogP contribution in [0.15, 0.2) is 16.8 Å². The molecular weight excluding hydrogens is 318 g/mol. The largest absolute Gasteiger partial charge is 0.339 e. The fourth-order valence-corrected chi connectivity index (χ4v) is 3.93. The highest BCUT2D eigenvalue weighted by Crippen LogP contribution is 2.29. The van der Waals surface area contributed by atoms with Crippen molar-refractivity contribution in [2.45, 2.75) is 63.8 Å². The third kappa shape index (κ3) is 3.32. The highest BCUT2D eigenvalue weighted by Gasteiger charge is 2.30. The van der Waals surface area contributed by atoms with Crippen LogP contribution in [0.4, 0.5) is 0 Å². The van der Waals surface area contributed by atoms with Crippen LogP contribution in [0.5, 0.6) is 0 Å². The Morgan fingerprint density at radius 2 is 2.12 bits per heavy atom. The van der Waals surface area contributed by atoms with Crippen LogP contribution in [-0.4, -0.2) is 43.8 Å². The van der Waals surface area contributed by atoms with Gasteiger partial charge in [0.2, 0.25) is 5.89 Å². The van der Waals surface area contributed by atoms with Crippen LogP contribution in [-0.2, 0) is 6.42 Å². The molecule has 1 aliphatic carbocycles. The third-order valence-corrected chi connectivity index (χ3v) is 5.38. The maximum Gasteiger partial charge on any atom is 0.274 e. The van der Waals surface area contributed by atoms with Crippen molar-refractivity contribution in [1.82, 2.24) is 24.8 Å². The zero-order valence-corrected chi connectivity index (χ0v) is 14.7. The monoisotopic (exact) mass is 343 g/mol. The van der Waals surface area contributed by atoms with E-state index in [-0.39, 0.29) is 11.8 Å². The van der Waals surface area contributed by atoms with Crippen molar-refractivity contribution >= 4 is 5.91 Å². The lowest BCUT2D eigenvalue weighted by atomic mass is 9.97. The second kappa shape index (κ2) is 6.98. The van der Waals surface area contributed by atoms with Crippen LogP contribution in [0.2, 0.25) is 0 Å². The molecule has 7 nitrogen and oxygen atoms in total. The summed E-state index contributed by atoms with van der Waals surface area (Å²) in [6, 6.07) is 2.31. The number of aryl methyl sites for hydroxylation is 1. The number of hydrogen-bond donors (Lipinski definition) is 0. The number of rotatable bonds is 4. The van der Waals surface area contributed by atoms with E-state index in [2.05, 4.69) is 15.2 Å². The molecule has 134 valence electrons. The van der Waals surface area contributed by atoms with E-state index in [1.165, 1.54) is 12.8 Å². The summed E-state index contributed by atoms with van der Waals surface area (Å²) in [5.74, 6) is 1.53. The van der Waals surface area contributed by atoms with Gasteiger partial charge in [-0.25, -0.2) is 0 Å². The summed E-state index contributed by atoms with van der Waals surface area (Å²) in [5, 5.41) is 8.54. The van der Waals surface area contributed by atoms with E-state index in [1.54, 1.807) is 0 Å². The molecule has 2 aromatic rings. The van der Waals surface area contributed by atoms with E-state index in [1.807, 2.05) is 28.8 Å². The number of carbonyl (C=O) groups excluding carboxylic acids is 1. The molecule has 2 aromatic heterocycles. The molecule has 25 heavy (non-hydrogen) atoms. The molecular formula is C18H25N5O2. The number of hydrogen-bond acceptors (Lipinski definition) is 5. The van der Waals surface area contributed by atoms with Gasteiger partial charge in [0.15, 0.2) is 5.82 Å². The van der Waals surface area contributed by atoms with E-state index < -0.39 is 0 Å². The van der Waals surface area contributed by atoms with Crippen molar-refractivity contribution in [1.29, 1.82) is 0 Å². The number of aromatic nitrogens is 4. The molecule has 0 bridgehead atoms. The molecule has 0 spiro atoms. The number of likely N-dealkylation sites (tertiary alicyclic amines) is 1. The van der Waals surface area contributed by atoms with E-state index in [0.717, 1.165) is 44.5 Å². The average molecular weight is 343 g/mol. The van der Waals surface area contributed by atoms with Crippen molar-refractivity contribution in [2.75, 3.05) is 13.1 Å². The third-order valence-electron chi connectivity index (χ3n) is 5.38. The van der Waals surface area contributed by atoms with Gasteiger partial charge in [0.1, 0.15) is 5.69 Å². The van der Waals surface area contributed by atoms with E-state index in [0.29, 0.717) is 24.2 Å². The van der Waals surface area contributed by atoms with Crippen LogP contribution < -0.4 is 0 Å². The first-order valence-corrected chi connectivity index (χ1v) is 9.41. The molecule has 7 heteroatoms. The molecule has 0 aromatic carbocycles. The van der Waals surface area contributed by atoms with Gasteiger partial charge in [-0.2, -0.15) is 10.1 Å². The fraction of sp³-hybridized carbons (Fsp3) is 0.667. The molecule has 1 atom stereocenters. The molecule has 2 aliphatic rings. The standard InChI is InChI=1S/C18H25N5O2/c1-2-16-19-17(25-21-16)13-6-5-10-22(12-13)18(24)15-9-11-23(20-15)14-7-3-4-8-14/h9,11,13-14H,2-8,10,12H2,1H3. The van der Waals surface area contributed by atoms with Crippen LogP contribution in [0.25, 0.3) is 0 Å². The molecule has 0 radical (unpaired) electrons. The first-order chi connectivity index (χ1) is 12.2. The lowest BCUT2D eigenvalue weighted by Crippen LogP contribution is -2.39. The predicted molar refractivity (Wildman–Crippen MR) is 91.3 cm³/mol. The summed E-state index contributed by atoms with van der Waals surface area (Å²) < 4.78 is 7.36. The van der Waals surface area contributed by atoms with Gasteiger partial charge in [-0.3, -0.25) is 9.48 Å². The van der Waals surface area contributed by atoms with Gasteiger partial charge in [0, 0.05) is 25.7 Å². The molecule has 1 amide bonds. The fourth-order valence-electron chi connectivity index (χ4n) is 3.93. The van der Waals surface area contributed by atoms with Crippen molar-refractivity contribution in [3.05, 3.63) is 29.7 Å². The van der Waals surface area contributed by atoms with Gasteiger partial charge >= 0.3 is 0 Å². The van der Waals surface area contributed by atoms with Gasteiger partial charge in [-0.05, 0) is 31.7 Å². The number of piperidine rings is 1. The van der Waals surface area contributed by atoms with Crippen LogP contribution in [0.1, 0.15) is 79.6 Å². The van der Waals surface area contributed by atoms with Crippen molar-refractivity contribution in [2.24, 2.45) is 0 Å². The van der Waals surface area contributed by atoms with Crippen LogP contribution >= 0.6 is 0 Å². The summed E-state index contributed by atoms with van der Waals surface area (Å²) >= 11 is 0. The highest BCUT2D eigenvalue weighted by molar-refractivity contribution is 5.92. The number of amides is 1. The Labute approximate surface area is 147 Å². The second-order valence-electron chi connectivity index (χ2n) is 7.11. The lowest BCUT2D eigenvalue weighted by molar-refractivity contribution is 0.0688. The SMILES string of the molecule is CCc1noc(C2CCCN(C(=O)c3ccn(C4CCCC4)n3)C2)n1. The van der Waals surface area contributed by atoms with Crippen molar-refractivity contribution < 1.29 is 9.32 Å². The lowest BCUT2D eigenvalue weighted by Gasteiger charge is -2.30. The Balaban J connectivity index is 1.44. The molecule has 4 rings (SSSR count). The Bertz CT molecular complexity index is 731. The van der Waals surface area contributed by atoms with Crippen LogP contribution in [0.3, 0.4) is 0 Å². The highest BCUT2D eigenvalue weighted by atomic mass is 16.5. The normalized spacial score (nSPS) is 21.8. The Morgan fingerprint density at radius 1 is 1.28 bits per heavy atom. The molecule has 1 saturated carbocycles. The maximum atomic E-state index is 12.8. The van der Waals surface area contributed by atoms with E-state index in [4.69, 9.17) is 4.52 Å². The van der Waals surface area contributed by atoms with Crippen molar-refractivity contribution in [3.63, 3.8) is 0 Å². The number of carbonyl (C=O) groups is 1. The zero-order valence-electron chi connectivity index (χ0n) is 14.7. The van der Waals surface area contributed by atoms with E-state index >= 15 is 0 Å². The summed E-state index contributed by atoms with van der Waals surface area (Å²) in [6.45, 7) is 3.40. The minimum Gasteiger partial charge on any atom is -0.339 e. The second-order valence-corrected chi connectivity index (χ2v) is 7.11. The summed E-state index contributed by atoms with van der Waals surface area (Å²) in [7, 11) is 0. The molecule has 0 N–H and O–H groups in total.